The Morgan fingerprint density at radius 2 is 2.27 bits per heavy atom. The molecule has 0 radical (unpaired) electrons. The molecule has 1 N–H and O–H groups in total. The Hall–Kier alpha value is -0.810. The van der Waals surface area contributed by atoms with E-state index in [0.29, 0.717) is 11.3 Å². The highest BCUT2D eigenvalue weighted by Gasteiger charge is 2.22. The molecule has 0 saturated heterocycles. The minimum absolute atomic E-state index is 0.247. The number of rotatable bonds is 4. The molecular formula is C10H14BrNO3. The normalized spacial score (nSPS) is 11.5. The summed E-state index contributed by atoms with van der Waals surface area (Å²) < 4.78 is 10.7. The Balaban J connectivity index is 2.63. The van der Waals surface area contributed by atoms with Crippen LogP contribution in [0.1, 0.15) is 24.4 Å². The van der Waals surface area contributed by atoms with Crippen molar-refractivity contribution in [1.82, 2.24) is 5.32 Å². The van der Waals surface area contributed by atoms with E-state index >= 15 is 0 Å². The van der Waals surface area contributed by atoms with Gasteiger partial charge in [-0.3, -0.25) is 4.79 Å². The average Bonchev–Trinajstić information content (AvgIpc) is 2.50. The van der Waals surface area contributed by atoms with E-state index in [1.165, 1.54) is 0 Å². The average molecular weight is 276 g/mol. The van der Waals surface area contributed by atoms with Gasteiger partial charge in [-0.1, -0.05) is 0 Å². The van der Waals surface area contributed by atoms with E-state index in [1.54, 1.807) is 19.2 Å². The minimum Gasteiger partial charge on any atom is -0.444 e. The van der Waals surface area contributed by atoms with Crippen LogP contribution in [-0.2, 0) is 4.74 Å². The number of carbonyl (C=O) groups excluding carboxylic acids is 1. The number of hydrogen-bond acceptors (Lipinski definition) is 3. The molecule has 1 aromatic rings. The second kappa shape index (κ2) is 4.81. The van der Waals surface area contributed by atoms with Gasteiger partial charge in [0, 0.05) is 7.11 Å². The van der Waals surface area contributed by atoms with E-state index in [-0.39, 0.29) is 11.7 Å². The van der Waals surface area contributed by atoms with Crippen molar-refractivity contribution in [2.24, 2.45) is 0 Å². The van der Waals surface area contributed by atoms with Gasteiger partial charge in [-0.25, -0.2) is 0 Å². The Kier molecular flexibility index (Phi) is 3.93. The summed E-state index contributed by atoms with van der Waals surface area (Å²) in [6.45, 7) is 4.21. The van der Waals surface area contributed by atoms with Crippen molar-refractivity contribution in [2.75, 3.05) is 13.7 Å². The van der Waals surface area contributed by atoms with Crippen LogP contribution in [0.25, 0.3) is 0 Å². The van der Waals surface area contributed by atoms with Gasteiger partial charge in [-0.2, -0.15) is 0 Å². The Labute approximate surface area is 97.1 Å². The number of ether oxygens (including phenoxy) is 1. The van der Waals surface area contributed by atoms with E-state index in [1.807, 2.05) is 13.8 Å². The summed E-state index contributed by atoms with van der Waals surface area (Å²) >= 11 is 3.14. The molecule has 5 heteroatoms. The monoisotopic (exact) mass is 275 g/mol. The number of halogens is 1. The van der Waals surface area contributed by atoms with E-state index in [2.05, 4.69) is 21.2 Å². The van der Waals surface area contributed by atoms with Crippen LogP contribution in [0.3, 0.4) is 0 Å². The number of amides is 1. The SMILES string of the molecule is COCC(C)(C)NC(=O)c1ccc(Br)o1. The molecule has 0 unspecified atom stereocenters. The van der Waals surface area contributed by atoms with Crippen molar-refractivity contribution < 1.29 is 13.9 Å². The molecule has 84 valence electrons. The first-order valence-electron chi connectivity index (χ1n) is 4.51. The van der Waals surface area contributed by atoms with Crippen molar-refractivity contribution in [1.29, 1.82) is 0 Å². The molecule has 0 aromatic carbocycles. The molecule has 1 aromatic heterocycles. The van der Waals surface area contributed by atoms with Gasteiger partial charge < -0.3 is 14.5 Å². The first-order valence-corrected chi connectivity index (χ1v) is 5.31. The summed E-state index contributed by atoms with van der Waals surface area (Å²) in [6.07, 6.45) is 0. The maximum atomic E-state index is 11.7. The van der Waals surface area contributed by atoms with Gasteiger partial charge in [0.05, 0.1) is 12.1 Å². The lowest BCUT2D eigenvalue weighted by Crippen LogP contribution is -2.46. The molecule has 0 fully saturated rings. The van der Waals surface area contributed by atoms with Crippen LogP contribution in [0, 0.1) is 0 Å². The van der Waals surface area contributed by atoms with Gasteiger partial charge in [0.2, 0.25) is 0 Å². The highest BCUT2D eigenvalue weighted by atomic mass is 79.9. The highest BCUT2D eigenvalue weighted by Crippen LogP contribution is 2.14. The van der Waals surface area contributed by atoms with Crippen LogP contribution in [0.2, 0.25) is 0 Å². The maximum absolute atomic E-state index is 11.7. The fourth-order valence-corrected chi connectivity index (χ4v) is 1.51. The van der Waals surface area contributed by atoms with Gasteiger partial charge in [0.25, 0.3) is 5.91 Å². The lowest BCUT2D eigenvalue weighted by Gasteiger charge is -2.24. The Morgan fingerprint density at radius 1 is 1.60 bits per heavy atom. The predicted octanol–water partition coefficient (Wildman–Crippen LogP) is 2.20. The topological polar surface area (TPSA) is 51.5 Å². The van der Waals surface area contributed by atoms with Crippen LogP contribution in [0.15, 0.2) is 21.2 Å². The Bertz CT molecular complexity index is 346. The summed E-state index contributed by atoms with van der Waals surface area (Å²) in [6, 6.07) is 3.29. The molecule has 0 aliphatic heterocycles. The fourth-order valence-electron chi connectivity index (χ4n) is 1.20. The second-order valence-electron chi connectivity index (χ2n) is 3.87. The number of furan rings is 1. The maximum Gasteiger partial charge on any atom is 0.287 e. The molecule has 1 heterocycles. The van der Waals surface area contributed by atoms with Crippen LogP contribution < -0.4 is 5.32 Å². The third-order valence-electron chi connectivity index (χ3n) is 1.75. The van der Waals surface area contributed by atoms with Crippen molar-refractivity contribution in [2.45, 2.75) is 19.4 Å². The molecule has 0 atom stereocenters. The zero-order valence-corrected chi connectivity index (χ0v) is 10.6. The molecule has 0 saturated carbocycles. The summed E-state index contributed by atoms with van der Waals surface area (Å²) in [5, 5.41) is 2.81. The lowest BCUT2D eigenvalue weighted by molar-refractivity contribution is 0.0793. The van der Waals surface area contributed by atoms with Gasteiger partial charge in [0.1, 0.15) is 0 Å². The van der Waals surface area contributed by atoms with Crippen molar-refractivity contribution in [3.8, 4) is 0 Å². The molecule has 0 aliphatic carbocycles. The third-order valence-corrected chi connectivity index (χ3v) is 2.18. The van der Waals surface area contributed by atoms with Gasteiger partial charge >= 0.3 is 0 Å². The molecule has 0 spiro atoms. The number of hydrogen-bond donors (Lipinski definition) is 1. The molecular weight excluding hydrogens is 262 g/mol. The first kappa shape index (κ1) is 12.3. The summed E-state index contributed by atoms with van der Waals surface area (Å²) in [5.41, 5.74) is -0.412. The van der Waals surface area contributed by atoms with Crippen molar-refractivity contribution in [3.05, 3.63) is 22.6 Å². The molecule has 1 amide bonds. The highest BCUT2D eigenvalue weighted by molar-refractivity contribution is 9.10. The molecule has 4 nitrogen and oxygen atoms in total. The van der Waals surface area contributed by atoms with Crippen LogP contribution in [0.5, 0.6) is 0 Å². The fraction of sp³-hybridized carbons (Fsp3) is 0.500. The number of nitrogens with one attached hydrogen (secondary N) is 1. The molecule has 0 bridgehead atoms. The zero-order valence-electron chi connectivity index (χ0n) is 8.96. The quantitative estimate of drug-likeness (QED) is 0.917. The summed E-state index contributed by atoms with van der Waals surface area (Å²) in [5.74, 6) is 0.0359. The zero-order chi connectivity index (χ0) is 11.5. The molecule has 0 aliphatic rings. The van der Waals surface area contributed by atoms with Crippen LogP contribution in [-0.4, -0.2) is 25.2 Å². The second-order valence-corrected chi connectivity index (χ2v) is 4.66. The summed E-state index contributed by atoms with van der Waals surface area (Å²) in [4.78, 5) is 11.7. The van der Waals surface area contributed by atoms with Crippen molar-refractivity contribution >= 4 is 21.8 Å². The smallest absolute Gasteiger partial charge is 0.287 e. The minimum atomic E-state index is -0.412. The lowest BCUT2D eigenvalue weighted by atomic mass is 10.1. The van der Waals surface area contributed by atoms with Gasteiger partial charge in [-0.05, 0) is 41.9 Å². The van der Waals surface area contributed by atoms with Crippen molar-refractivity contribution in [3.63, 3.8) is 0 Å². The summed E-state index contributed by atoms with van der Waals surface area (Å²) in [7, 11) is 1.59. The number of methoxy groups -OCH3 is 1. The standard InChI is InChI=1S/C10H14BrNO3/c1-10(2,6-14-3)12-9(13)7-4-5-8(11)15-7/h4-5H,6H2,1-3H3,(H,12,13). The van der Waals surface area contributed by atoms with Crippen LogP contribution >= 0.6 is 15.9 Å². The van der Waals surface area contributed by atoms with Gasteiger partial charge in [-0.15, -0.1) is 0 Å². The third kappa shape index (κ3) is 3.68. The molecule has 1 rings (SSSR count). The van der Waals surface area contributed by atoms with Crippen LogP contribution in [0.4, 0.5) is 0 Å². The van der Waals surface area contributed by atoms with E-state index < -0.39 is 5.54 Å². The number of carbonyl (C=O) groups is 1. The Morgan fingerprint density at radius 3 is 2.73 bits per heavy atom. The van der Waals surface area contributed by atoms with E-state index in [9.17, 15) is 4.79 Å². The largest absolute Gasteiger partial charge is 0.444 e. The molecule has 15 heavy (non-hydrogen) atoms. The van der Waals surface area contributed by atoms with Gasteiger partial charge in [0.15, 0.2) is 10.4 Å². The predicted molar refractivity (Wildman–Crippen MR) is 59.8 cm³/mol. The van der Waals surface area contributed by atoms with E-state index in [4.69, 9.17) is 9.15 Å². The first-order chi connectivity index (χ1) is 6.94. The van der Waals surface area contributed by atoms with E-state index in [0.717, 1.165) is 0 Å².